The quantitative estimate of drug-likeness (QED) is 0.208. The normalized spacial score (nSPS) is 17.6. The second kappa shape index (κ2) is 11.4. The number of ether oxygens (including phenoxy) is 1. The molecule has 4 aliphatic rings. The molecule has 5 aromatic carbocycles. The number of pyridine rings is 1. The summed E-state index contributed by atoms with van der Waals surface area (Å²) in [5.74, 6) is 3.41. The summed E-state index contributed by atoms with van der Waals surface area (Å²) in [7, 11) is 0. The van der Waals surface area contributed by atoms with Crippen molar-refractivity contribution in [3.05, 3.63) is 197 Å². The monoisotopic (exact) mass is 644 g/mol. The Morgan fingerprint density at radius 3 is 2.08 bits per heavy atom. The largest absolute Gasteiger partial charge is 0.457 e. The number of hydrogen-bond donors (Lipinski definition) is 1. The molecule has 0 amide bonds. The third-order valence-electron chi connectivity index (χ3n) is 10.3. The van der Waals surface area contributed by atoms with E-state index in [1.807, 2.05) is 18.2 Å². The number of para-hydroxylation sites is 1. The molecule has 0 saturated heterocycles. The fraction of sp³-hybridized carbons (Fsp3) is 0.0889. The van der Waals surface area contributed by atoms with Crippen LogP contribution in [0.25, 0.3) is 22.3 Å². The van der Waals surface area contributed by atoms with Gasteiger partial charge in [0, 0.05) is 22.9 Å². The number of aromatic nitrogens is 1. The third-order valence-corrected chi connectivity index (χ3v) is 10.3. The van der Waals surface area contributed by atoms with Crippen molar-refractivity contribution in [2.24, 2.45) is 9.98 Å². The lowest BCUT2D eigenvalue weighted by molar-refractivity contribution is 0.436. The lowest BCUT2D eigenvalue weighted by atomic mass is 9.66. The van der Waals surface area contributed by atoms with Crippen LogP contribution in [0, 0.1) is 0 Å². The summed E-state index contributed by atoms with van der Waals surface area (Å²) in [6, 6.07) is 47.4. The SMILES string of the molecule is C1=CCCC(C2=NC(c3ccccn3)N=C(c3cccc(-c4ccc5c(c4)C4(c6ccccc6O5)c5ccccc5-c5ccccc54)c3)N2)=C1. The Labute approximate surface area is 291 Å². The molecule has 50 heavy (non-hydrogen) atoms. The van der Waals surface area contributed by atoms with Crippen molar-refractivity contribution in [2.45, 2.75) is 24.4 Å². The average Bonchev–Trinajstić information content (AvgIpc) is 3.49. The zero-order chi connectivity index (χ0) is 33.1. The van der Waals surface area contributed by atoms with E-state index in [2.05, 4.69) is 144 Å². The summed E-state index contributed by atoms with van der Waals surface area (Å²) in [5.41, 5.74) is 12.1. The van der Waals surface area contributed by atoms with Crippen LogP contribution in [0.15, 0.2) is 173 Å². The Hall–Kier alpha value is -6.33. The first-order valence-electron chi connectivity index (χ1n) is 17.2. The van der Waals surface area contributed by atoms with Gasteiger partial charge in [0.1, 0.15) is 23.2 Å². The molecule has 0 fully saturated rings. The first-order chi connectivity index (χ1) is 24.8. The Bertz CT molecular complexity index is 2410. The lowest BCUT2D eigenvalue weighted by Gasteiger charge is -2.39. The zero-order valence-corrected chi connectivity index (χ0v) is 27.3. The highest BCUT2D eigenvalue weighted by molar-refractivity contribution is 6.16. The van der Waals surface area contributed by atoms with E-state index in [4.69, 9.17) is 14.7 Å². The van der Waals surface area contributed by atoms with E-state index < -0.39 is 11.6 Å². The van der Waals surface area contributed by atoms with Crippen molar-refractivity contribution in [3.63, 3.8) is 0 Å². The van der Waals surface area contributed by atoms with E-state index in [0.29, 0.717) is 0 Å². The Kier molecular flexibility index (Phi) is 6.53. The van der Waals surface area contributed by atoms with Crippen LogP contribution in [-0.4, -0.2) is 16.7 Å². The summed E-state index contributed by atoms with van der Waals surface area (Å²) in [6.45, 7) is 0. The number of amidine groups is 2. The van der Waals surface area contributed by atoms with Gasteiger partial charge in [-0.05, 0) is 88.2 Å². The summed E-state index contributed by atoms with van der Waals surface area (Å²) >= 11 is 0. The molecule has 3 heterocycles. The molecule has 0 radical (unpaired) electrons. The predicted molar refractivity (Wildman–Crippen MR) is 200 cm³/mol. The van der Waals surface area contributed by atoms with Crippen LogP contribution in [-0.2, 0) is 5.41 Å². The van der Waals surface area contributed by atoms with Gasteiger partial charge in [0.25, 0.3) is 0 Å². The highest BCUT2D eigenvalue weighted by Gasteiger charge is 2.51. The third kappa shape index (κ3) is 4.36. The van der Waals surface area contributed by atoms with Crippen molar-refractivity contribution in [2.75, 3.05) is 0 Å². The molecule has 0 bridgehead atoms. The Morgan fingerprint density at radius 1 is 0.600 bits per heavy atom. The molecule has 1 N–H and O–H groups in total. The van der Waals surface area contributed by atoms with Gasteiger partial charge in [-0.25, -0.2) is 9.98 Å². The number of fused-ring (bicyclic) bond motifs is 9. The molecule has 2 aliphatic carbocycles. The van der Waals surface area contributed by atoms with Gasteiger partial charge >= 0.3 is 0 Å². The van der Waals surface area contributed by atoms with E-state index >= 15 is 0 Å². The number of rotatable bonds is 4. The van der Waals surface area contributed by atoms with Crippen LogP contribution in [0.1, 0.15) is 52.5 Å². The van der Waals surface area contributed by atoms with Crippen molar-refractivity contribution in [3.8, 4) is 33.8 Å². The first-order valence-corrected chi connectivity index (χ1v) is 17.2. The topological polar surface area (TPSA) is 58.9 Å². The average molecular weight is 645 g/mol. The maximum Gasteiger partial charge on any atom is 0.186 e. The van der Waals surface area contributed by atoms with Gasteiger partial charge in [0.05, 0.1) is 11.1 Å². The minimum Gasteiger partial charge on any atom is -0.457 e. The van der Waals surface area contributed by atoms with E-state index in [1.54, 1.807) is 6.20 Å². The fourth-order valence-electron chi connectivity index (χ4n) is 8.10. The Balaban J connectivity index is 1.11. The highest BCUT2D eigenvalue weighted by Crippen LogP contribution is 2.62. The van der Waals surface area contributed by atoms with E-state index in [1.165, 1.54) is 27.8 Å². The van der Waals surface area contributed by atoms with Crippen molar-refractivity contribution in [1.29, 1.82) is 0 Å². The van der Waals surface area contributed by atoms with Gasteiger partial charge in [0.2, 0.25) is 0 Å². The van der Waals surface area contributed by atoms with Crippen molar-refractivity contribution >= 4 is 11.7 Å². The van der Waals surface area contributed by atoms with E-state index in [0.717, 1.165) is 69.5 Å². The molecular formula is C45H32N4O. The van der Waals surface area contributed by atoms with Gasteiger partial charge in [-0.15, -0.1) is 0 Å². The maximum absolute atomic E-state index is 6.67. The summed E-state index contributed by atoms with van der Waals surface area (Å²) in [6.07, 6.45) is 9.74. The van der Waals surface area contributed by atoms with E-state index in [9.17, 15) is 0 Å². The molecule has 238 valence electrons. The lowest BCUT2D eigenvalue weighted by Crippen LogP contribution is -2.36. The molecule has 1 atom stereocenters. The van der Waals surface area contributed by atoms with Gasteiger partial charge < -0.3 is 10.1 Å². The number of nitrogens with zero attached hydrogens (tertiary/aromatic N) is 3. The summed E-state index contributed by atoms with van der Waals surface area (Å²) in [5, 5.41) is 3.59. The predicted octanol–water partition coefficient (Wildman–Crippen LogP) is 9.94. The van der Waals surface area contributed by atoms with Crippen LogP contribution in [0.2, 0.25) is 0 Å². The maximum atomic E-state index is 6.67. The standard InChI is InChI=1S/C45H32N4O/c1-2-13-29(14-3-1)42-47-43(49-44(48-42)39-22-10-11-26-46-39)32-16-12-15-30(27-32)31-24-25-41-38(28-31)45(37-21-8-9-23-40(37)50-41)35-19-6-4-17-33(35)34-18-5-7-20-36(34)45/h1-2,4-13,15-28,44H,3,14H2,(H,47,48,49). The molecule has 5 nitrogen and oxygen atoms in total. The molecule has 2 aliphatic heterocycles. The molecule has 1 unspecified atom stereocenters. The van der Waals surface area contributed by atoms with Gasteiger partial charge in [-0.2, -0.15) is 0 Å². The van der Waals surface area contributed by atoms with Crippen LogP contribution >= 0.6 is 0 Å². The van der Waals surface area contributed by atoms with Gasteiger partial charge in [0.15, 0.2) is 6.17 Å². The smallest absolute Gasteiger partial charge is 0.186 e. The van der Waals surface area contributed by atoms with Crippen LogP contribution in [0.5, 0.6) is 11.5 Å². The van der Waals surface area contributed by atoms with Gasteiger partial charge in [-0.1, -0.05) is 115 Å². The Morgan fingerprint density at radius 2 is 1.30 bits per heavy atom. The molecule has 5 heteroatoms. The number of aliphatic imine (C=N–C) groups is 2. The van der Waals surface area contributed by atoms with Crippen molar-refractivity contribution < 1.29 is 4.74 Å². The summed E-state index contributed by atoms with van der Waals surface area (Å²) < 4.78 is 6.67. The number of benzene rings is 5. The molecule has 6 aromatic rings. The molecule has 1 aromatic heterocycles. The molecule has 1 spiro atoms. The van der Waals surface area contributed by atoms with Crippen LogP contribution in [0.3, 0.4) is 0 Å². The van der Waals surface area contributed by atoms with Gasteiger partial charge in [-0.3, -0.25) is 4.98 Å². The fourth-order valence-corrected chi connectivity index (χ4v) is 8.10. The molecular weight excluding hydrogens is 613 g/mol. The second-order valence-corrected chi connectivity index (χ2v) is 13.1. The number of hydrogen-bond acceptors (Lipinski definition) is 5. The second-order valence-electron chi connectivity index (χ2n) is 13.1. The minimum atomic E-state index is -0.510. The zero-order valence-electron chi connectivity index (χ0n) is 27.3. The van der Waals surface area contributed by atoms with Crippen LogP contribution < -0.4 is 10.1 Å². The minimum absolute atomic E-state index is 0.429. The van der Waals surface area contributed by atoms with Crippen LogP contribution in [0.4, 0.5) is 0 Å². The molecule has 0 saturated carbocycles. The number of allylic oxidation sites excluding steroid dienone is 3. The number of nitrogens with one attached hydrogen (secondary N) is 1. The van der Waals surface area contributed by atoms with E-state index in [-0.39, 0.29) is 0 Å². The summed E-state index contributed by atoms with van der Waals surface area (Å²) in [4.78, 5) is 14.7. The van der Waals surface area contributed by atoms with Crippen molar-refractivity contribution in [1.82, 2.24) is 10.3 Å². The molecule has 10 rings (SSSR count). The first kappa shape index (κ1) is 28.7. The highest BCUT2D eigenvalue weighted by atomic mass is 16.5.